The maximum absolute atomic E-state index is 12.9. The highest BCUT2D eigenvalue weighted by molar-refractivity contribution is 7.89. The number of carbonyl (C=O) groups is 1. The van der Waals surface area contributed by atoms with Crippen molar-refractivity contribution in [2.75, 3.05) is 20.1 Å². The number of thiophene rings is 1. The first-order chi connectivity index (χ1) is 12.4. The molecule has 1 aromatic heterocycles. The minimum Gasteiger partial charge on any atom is -0.337 e. The number of piperidine rings is 1. The lowest BCUT2D eigenvalue weighted by molar-refractivity contribution is 0.0785. The summed E-state index contributed by atoms with van der Waals surface area (Å²) in [7, 11) is -1.80. The molecule has 0 radical (unpaired) electrons. The summed E-state index contributed by atoms with van der Waals surface area (Å²) in [6.45, 7) is 3.46. The molecule has 140 valence electrons. The van der Waals surface area contributed by atoms with Crippen molar-refractivity contribution in [2.24, 2.45) is 0 Å². The van der Waals surface area contributed by atoms with Gasteiger partial charge in [0.15, 0.2) is 0 Å². The van der Waals surface area contributed by atoms with Gasteiger partial charge in [-0.05, 0) is 48.9 Å². The molecule has 1 saturated heterocycles. The lowest BCUT2D eigenvalue weighted by Crippen LogP contribution is -2.35. The molecule has 1 fully saturated rings. The summed E-state index contributed by atoms with van der Waals surface area (Å²) >= 11 is 1.60. The topological polar surface area (TPSA) is 57.7 Å². The van der Waals surface area contributed by atoms with Gasteiger partial charge in [-0.15, -0.1) is 11.3 Å². The average molecular weight is 393 g/mol. The zero-order valence-electron chi connectivity index (χ0n) is 15.1. The lowest BCUT2D eigenvalue weighted by Gasteiger charge is -2.26. The molecule has 26 heavy (non-hydrogen) atoms. The van der Waals surface area contributed by atoms with E-state index < -0.39 is 10.0 Å². The minimum absolute atomic E-state index is 0.161. The lowest BCUT2D eigenvalue weighted by atomic mass is 10.1. The number of rotatable bonds is 5. The normalized spacial score (nSPS) is 15.8. The van der Waals surface area contributed by atoms with Gasteiger partial charge in [0.1, 0.15) is 0 Å². The maximum Gasteiger partial charge on any atom is 0.254 e. The number of aryl methyl sites for hydroxylation is 1. The molecule has 1 aliphatic heterocycles. The van der Waals surface area contributed by atoms with Crippen LogP contribution in [-0.2, 0) is 16.6 Å². The summed E-state index contributed by atoms with van der Waals surface area (Å²) in [6, 6.07) is 8.80. The van der Waals surface area contributed by atoms with Crippen LogP contribution in [0.5, 0.6) is 0 Å². The van der Waals surface area contributed by atoms with Crippen LogP contribution in [0.25, 0.3) is 0 Å². The zero-order valence-corrected chi connectivity index (χ0v) is 16.8. The van der Waals surface area contributed by atoms with Crippen molar-refractivity contribution in [3.63, 3.8) is 0 Å². The Balaban J connectivity index is 1.86. The fraction of sp³-hybridized carbons (Fsp3) is 0.421. The van der Waals surface area contributed by atoms with Crippen LogP contribution < -0.4 is 0 Å². The van der Waals surface area contributed by atoms with Crippen LogP contribution in [0.1, 0.15) is 40.1 Å². The maximum atomic E-state index is 12.9. The second-order valence-corrected chi connectivity index (χ2v) is 9.65. The van der Waals surface area contributed by atoms with Crippen molar-refractivity contribution in [3.8, 4) is 0 Å². The fourth-order valence-corrected chi connectivity index (χ4v) is 5.46. The third-order valence-electron chi connectivity index (χ3n) is 4.71. The van der Waals surface area contributed by atoms with E-state index in [1.165, 1.54) is 10.4 Å². The van der Waals surface area contributed by atoms with Crippen molar-refractivity contribution in [3.05, 3.63) is 51.7 Å². The van der Waals surface area contributed by atoms with Crippen molar-refractivity contribution in [2.45, 2.75) is 37.6 Å². The zero-order chi connectivity index (χ0) is 18.7. The van der Waals surface area contributed by atoms with Gasteiger partial charge in [0.05, 0.1) is 11.4 Å². The molecule has 3 rings (SSSR count). The van der Waals surface area contributed by atoms with Gasteiger partial charge in [0.25, 0.3) is 5.91 Å². The number of benzene rings is 1. The van der Waals surface area contributed by atoms with Gasteiger partial charge in [0, 0.05) is 30.6 Å². The summed E-state index contributed by atoms with van der Waals surface area (Å²) < 4.78 is 27.3. The molecule has 2 heterocycles. The van der Waals surface area contributed by atoms with E-state index in [9.17, 15) is 13.2 Å². The SMILES string of the molecule is Cc1ccc(S(=O)(=O)N2CCCCC2)cc1C(=O)N(C)Cc1cccs1. The molecule has 0 N–H and O–H groups in total. The van der Waals surface area contributed by atoms with Crippen LogP contribution in [0, 0.1) is 6.92 Å². The first-order valence-corrected chi connectivity index (χ1v) is 11.1. The van der Waals surface area contributed by atoms with E-state index in [0.29, 0.717) is 25.2 Å². The van der Waals surface area contributed by atoms with Crippen LogP contribution in [0.4, 0.5) is 0 Å². The van der Waals surface area contributed by atoms with Gasteiger partial charge in [-0.2, -0.15) is 4.31 Å². The van der Waals surface area contributed by atoms with Crippen LogP contribution in [0.2, 0.25) is 0 Å². The predicted octanol–water partition coefficient (Wildman–Crippen LogP) is 3.50. The first kappa shape index (κ1) is 19.1. The highest BCUT2D eigenvalue weighted by atomic mass is 32.2. The van der Waals surface area contributed by atoms with E-state index >= 15 is 0 Å². The van der Waals surface area contributed by atoms with Crippen LogP contribution in [-0.4, -0.2) is 43.7 Å². The Morgan fingerprint density at radius 3 is 2.58 bits per heavy atom. The molecular formula is C19H24N2O3S2. The second kappa shape index (κ2) is 7.90. The van der Waals surface area contributed by atoms with Crippen molar-refractivity contribution in [1.82, 2.24) is 9.21 Å². The smallest absolute Gasteiger partial charge is 0.254 e. The molecule has 0 spiro atoms. The summed E-state index contributed by atoms with van der Waals surface area (Å²) in [5, 5.41) is 1.98. The van der Waals surface area contributed by atoms with Crippen molar-refractivity contribution in [1.29, 1.82) is 0 Å². The molecule has 0 saturated carbocycles. The Morgan fingerprint density at radius 1 is 1.19 bits per heavy atom. The Bertz CT molecular complexity index is 870. The fourth-order valence-electron chi connectivity index (χ4n) is 3.16. The van der Waals surface area contributed by atoms with Gasteiger partial charge >= 0.3 is 0 Å². The summed E-state index contributed by atoms with van der Waals surface area (Å²) in [5.41, 5.74) is 1.23. The molecule has 7 heteroatoms. The molecule has 1 aliphatic rings. The van der Waals surface area contributed by atoms with E-state index in [1.54, 1.807) is 35.4 Å². The third kappa shape index (κ3) is 4.00. The van der Waals surface area contributed by atoms with Crippen LogP contribution in [0.15, 0.2) is 40.6 Å². The summed E-state index contributed by atoms with van der Waals surface area (Å²) in [6.07, 6.45) is 2.85. The molecule has 5 nitrogen and oxygen atoms in total. The highest BCUT2D eigenvalue weighted by Gasteiger charge is 2.27. The van der Waals surface area contributed by atoms with E-state index in [0.717, 1.165) is 29.7 Å². The number of sulfonamides is 1. The first-order valence-electron chi connectivity index (χ1n) is 8.78. The second-order valence-electron chi connectivity index (χ2n) is 6.68. The van der Waals surface area contributed by atoms with Gasteiger partial charge in [0.2, 0.25) is 10.0 Å². The van der Waals surface area contributed by atoms with Crippen molar-refractivity contribution >= 4 is 27.3 Å². The van der Waals surface area contributed by atoms with Gasteiger partial charge in [-0.3, -0.25) is 4.79 Å². The predicted molar refractivity (Wildman–Crippen MR) is 104 cm³/mol. The molecule has 1 aromatic carbocycles. The Labute approximate surface area is 159 Å². The van der Waals surface area contributed by atoms with Crippen LogP contribution in [0.3, 0.4) is 0 Å². The molecular weight excluding hydrogens is 368 g/mol. The van der Waals surface area contributed by atoms with Gasteiger partial charge in [-0.1, -0.05) is 18.6 Å². The minimum atomic E-state index is -3.55. The molecule has 0 bridgehead atoms. The van der Waals surface area contributed by atoms with E-state index in [1.807, 2.05) is 24.4 Å². The van der Waals surface area contributed by atoms with Gasteiger partial charge in [-0.25, -0.2) is 8.42 Å². The number of hydrogen-bond donors (Lipinski definition) is 0. The Morgan fingerprint density at radius 2 is 1.92 bits per heavy atom. The van der Waals surface area contributed by atoms with Gasteiger partial charge < -0.3 is 4.90 Å². The van der Waals surface area contributed by atoms with E-state index in [-0.39, 0.29) is 10.8 Å². The largest absolute Gasteiger partial charge is 0.337 e. The number of amides is 1. The average Bonchev–Trinajstić information content (AvgIpc) is 3.15. The molecule has 0 aliphatic carbocycles. The molecule has 0 atom stereocenters. The quantitative estimate of drug-likeness (QED) is 0.782. The third-order valence-corrected chi connectivity index (χ3v) is 7.47. The number of nitrogens with zero attached hydrogens (tertiary/aromatic N) is 2. The molecule has 1 amide bonds. The monoisotopic (exact) mass is 392 g/mol. The molecule has 2 aromatic rings. The van der Waals surface area contributed by atoms with Crippen LogP contribution >= 0.6 is 11.3 Å². The highest BCUT2D eigenvalue weighted by Crippen LogP contribution is 2.24. The Hall–Kier alpha value is -1.70. The van der Waals surface area contributed by atoms with E-state index in [4.69, 9.17) is 0 Å². The standard InChI is InChI=1S/C19H24N2O3S2/c1-15-8-9-17(26(23,24)21-10-4-3-5-11-21)13-18(15)19(22)20(2)14-16-7-6-12-25-16/h6-9,12-13H,3-5,10-11,14H2,1-2H3. The number of hydrogen-bond acceptors (Lipinski definition) is 4. The summed E-state index contributed by atoms with van der Waals surface area (Å²) in [4.78, 5) is 15.8. The molecule has 0 unspecified atom stereocenters. The van der Waals surface area contributed by atoms with Crippen molar-refractivity contribution < 1.29 is 13.2 Å². The van der Waals surface area contributed by atoms with E-state index in [2.05, 4.69) is 0 Å². The summed E-state index contributed by atoms with van der Waals surface area (Å²) in [5.74, 6) is -0.161. The Kier molecular flexibility index (Phi) is 5.79. The number of carbonyl (C=O) groups excluding carboxylic acids is 1.